The highest BCUT2D eigenvalue weighted by Gasteiger charge is 2.13. The van der Waals surface area contributed by atoms with Crippen molar-refractivity contribution in [2.45, 2.75) is 18.4 Å². The molecule has 1 aromatic rings. The van der Waals surface area contributed by atoms with Crippen LogP contribution in [0.2, 0.25) is 0 Å². The van der Waals surface area contributed by atoms with E-state index in [4.69, 9.17) is 5.41 Å². The maximum atomic E-state index is 11.7. The Bertz CT molecular complexity index is 516. The summed E-state index contributed by atoms with van der Waals surface area (Å²) in [5.74, 6) is 0.821. The Balaban J connectivity index is 3.51. The molecule has 0 radical (unpaired) electrons. The molecule has 88 valence electrons. The van der Waals surface area contributed by atoms with Gasteiger partial charge in [0, 0.05) is 20.3 Å². The van der Waals surface area contributed by atoms with Crippen molar-refractivity contribution in [2.24, 2.45) is 14.1 Å². The first kappa shape index (κ1) is 12.8. The monoisotopic (exact) mass is 241 g/mol. The quantitative estimate of drug-likeness (QED) is 0.476. The molecule has 0 unspecified atom stereocenters. The Morgan fingerprint density at radius 2 is 1.94 bits per heavy atom. The average Bonchev–Trinajstić information content (AvgIpc) is 2.29. The molecule has 0 fully saturated rings. The number of rotatable bonds is 4. The maximum Gasteiger partial charge on any atom is 0.331 e. The zero-order chi connectivity index (χ0) is 12.3. The highest BCUT2D eigenvalue weighted by atomic mass is 32.2. The molecule has 0 bridgehead atoms. The molecule has 1 rings (SSSR count). The minimum Gasteiger partial charge on any atom is -0.308 e. The summed E-state index contributed by atoms with van der Waals surface area (Å²) in [6, 6.07) is 0. The lowest BCUT2D eigenvalue weighted by Crippen LogP contribution is -2.39. The molecule has 5 nitrogen and oxygen atoms in total. The van der Waals surface area contributed by atoms with E-state index in [1.165, 1.54) is 23.4 Å². The van der Waals surface area contributed by atoms with Crippen LogP contribution in [-0.4, -0.2) is 21.1 Å². The van der Waals surface area contributed by atoms with Gasteiger partial charge < -0.3 is 5.41 Å². The fourth-order valence-corrected chi connectivity index (χ4v) is 2.32. The van der Waals surface area contributed by atoms with Gasteiger partial charge in [0.25, 0.3) is 5.56 Å². The van der Waals surface area contributed by atoms with Crippen LogP contribution in [0, 0.1) is 5.41 Å². The fraction of sp³-hybridized carbons (Fsp3) is 0.500. The Morgan fingerprint density at radius 3 is 2.44 bits per heavy atom. The van der Waals surface area contributed by atoms with Gasteiger partial charge in [-0.2, -0.15) is 0 Å². The van der Waals surface area contributed by atoms with E-state index in [2.05, 4.69) is 0 Å². The standard InChI is InChI=1S/C10H15N3O2S/c1-4-5-16-9-7(6-11)8(14)12(2)10(15)13(9)3/h6,11H,4-5H2,1-3H3. The van der Waals surface area contributed by atoms with Gasteiger partial charge in [-0.1, -0.05) is 6.92 Å². The average molecular weight is 241 g/mol. The Morgan fingerprint density at radius 1 is 1.31 bits per heavy atom. The van der Waals surface area contributed by atoms with Gasteiger partial charge in [0.1, 0.15) is 0 Å². The number of nitrogens with zero attached hydrogens (tertiary/aromatic N) is 2. The molecule has 0 aromatic carbocycles. The van der Waals surface area contributed by atoms with Crippen LogP contribution in [0.4, 0.5) is 0 Å². The van der Waals surface area contributed by atoms with Crippen LogP contribution in [0.15, 0.2) is 14.6 Å². The summed E-state index contributed by atoms with van der Waals surface area (Å²) < 4.78 is 2.44. The lowest BCUT2D eigenvalue weighted by Gasteiger charge is -2.11. The van der Waals surface area contributed by atoms with E-state index in [1.54, 1.807) is 7.05 Å². The van der Waals surface area contributed by atoms with Gasteiger partial charge in [0.15, 0.2) is 0 Å². The second-order valence-electron chi connectivity index (χ2n) is 3.42. The summed E-state index contributed by atoms with van der Waals surface area (Å²) in [4.78, 5) is 23.4. The minimum absolute atomic E-state index is 0.281. The molecule has 0 aliphatic carbocycles. The molecule has 0 aliphatic rings. The SMILES string of the molecule is CCCSc1c(C=N)c(=O)n(C)c(=O)n1C. The third-order valence-corrected chi connectivity index (χ3v) is 3.61. The third kappa shape index (κ3) is 2.11. The number of aromatic nitrogens is 2. The van der Waals surface area contributed by atoms with Crippen molar-refractivity contribution in [2.75, 3.05) is 5.75 Å². The van der Waals surface area contributed by atoms with Crippen molar-refractivity contribution in [3.63, 3.8) is 0 Å². The van der Waals surface area contributed by atoms with Crippen LogP contribution in [0.5, 0.6) is 0 Å². The second kappa shape index (κ2) is 5.16. The molecule has 0 aliphatic heterocycles. The summed E-state index contributed by atoms with van der Waals surface area (Å²) in [5.41, 5.74) is -0.478. The fourth-order valence-electron chi connectivity index (χ4n) is 1.35. The van der Waals surface area contributed by atoms with Gasteiger partial charge in [-0.05, 0) is 12.2 Å². The molecule has 0 amide bonds. The highest BCUT2D eigenvalue weighted by Crippen LogP contribution is 2.17. The second-order valence-corrected chi connectivity index (χ2v) is 4.50. The topological polar surface area (TPSA) is 67.8 Å². The van der Waals surface area contributed by atoms with Crippen molar-refractivity contribution in [1.29, 1.82) is 5.41 Å². The summed E-state index contributed by atoms with van der Waals surface area (Å²) in [7, 11) is 3.04. The first-order valence-corrected chi connectivity index (χ1v) is 5.96. The largest absolute Gasteiger partial charge is 0.331 e. The number of hydrogen-bond acceptors (Lipinski definition) is 4. The summed E-state index contributed by atoms with van der Waals surface area (Å²) in [6.45, 7) is 2.02. The molecule has 0 spiro atoms. The number of thioether (sulfide) groups is 1. The zero-order valence-corrected chi connectivity index (χ0v) is 10.4. The third-order valence-electron chi connectivity index (χ3n) is 2.23. The molecule has 0 atom stereocenters. The van der Waals surface area contributed by atoms with Crippen LogP contribution in [0.1, 0.15) is 18.9 Å². The molecule has 6 heteroatoms. The molecular weight excluding hydrogens is 226 g/mol. The van der Waals surface area contributed by atoms with E-state index in [-0.39, 0.29) is 11.3 Å². The van der Waals surface area contributed by atoms with Crippen LogP contribution < -0.4 is 11.2 Å². The Hall–Kier alpha value is -1.30. The Labute approximate surface area is 97.6 Å². The van der Waals surface area contributed by atoms with Gasteiger partial charge in [-0.15, -0.1) is 11.8 Å². The van der Waals surface area contributed by atoms with Gasteiger partial charge in [0.2, 0.25) is 0 Å². The molecule has 16 heavy (non-hydrogen) atoms. The van der Waals surface area contributed by atoms with Gasteiger partial charge >= 0.3 is 5.69 Å². The van der Waals surface area contributed by atoms with Crippen molar-refractivity contribution < 1.29 is 0 Å². The van der Waals surface area contributed by atoms with Crippen molar-refractivity contribution >= 4 is 18.0 Å². The van der Waals surface area contributed by atoms with Crippen molar-refractivity contribution in [3.05, 3.63) is 26.4 Å². The van der Waals surface area contributed by atoms with Crippen LogP contribution in [0.3, 0.4) is 0 Å². The first-order chi connectivity index (χ1) is 7.54. The molecular formula is C10H15N3O2S. The summed E-state index contributed by atoms with van der Waals surface area (Å²) in [6.07, 6.45) is 1.96. The Kier molecular flexibility index (Phi) is 4.12. The van der Waals surface area contributed by atoms with Crippen molar-refractivity contribution in [1.82, 2.24) is 9.13 Å². The first-order valence-electron chi connectivity index (χ1n) is 4.97. The summed E-state index contributed by atoms with van der Waals surface area (Å²) in [5, 5.41) is 7.83. The highest BCUT2D eigenvalue weighted by molar-refractivity contribution is 7.99. The van der Waals surface area contributed by atoms with Crippen LogP contribution in [0.25, 0.3) is 0 Å². The van der Waals surface area contributed by atoms with E-state index in [0.29, 0.717) is 5.03 Å². The predicted molar refractivity (Wildman–Crippen MR) is 65.8 cm³/mol. The lowest BCUT2D eigenvalue weighted by molar-refractivity contribution is 0.633. The minimum atomic E-state index is -0.406. The zero-order valence-electron chi connectivity index (χ0n) is 9.61. The molecule has 0 saturated heterocycles. The predicted octanol–water partition coefficient (Wildman–Crippen LogP) is 0.584. The van der Waals surface area contributed by atoms with Gasteiger partial charge in [0.05, 0.1) is 10.6 Å². The molecule has 0 saturated carbocycles. The molecule has 1 aromatic heterocycles. The van der Waals surface area contributed by atoms with E-state index >= 15 is 0 Å². The van der Waals surface area contributed by atoms with E-state index in [1.807, 2.05) is 6.92 Å². The lowest BCUT2D eigenvalue weighted by atomic mass is 10.3. The normalized spacial score (nSPS) is 10.4. The van der Waals surface area contributed by atoms with Gasteiger partial charge in [-0.25, -0.2) is 4.79 Å². The smallest absolute Gasteiger partial charge is 0.308 e. The number of nitrogens with one attached hydrogen (secondary N) is 1. The summed E-state index contributed by atoms with van der Waals surface area (Å²) >= 11 is 1.43. The molecule has 1 N–H and O–H groups in total. The number of hydrogen-bond donors (Lipinski definition) is 1. The van der Waals surface area contributed by atoms with Crippen molar-refractivity contribution in [3.8, 4) is 0 Å². The van der Waals surface area contributed by atoms with E-state index < -0.39 is 5.56 Å². The van der Waals surface area contributed by atoms with Crippen LogP contribution in [-0.2, 0) is 14.1 Å². The van der Waals surface area contributed by atoms with Gasteiger partial charge in [-0.3, -0.25) is 13.9 Å². The van der Waals surface area contributed by atoms with E-state index in [0.717, 1.165) is 23.0 Å². The maximum absolute atomic E-state index is 11.7. The molecule has 1 heterocycles. The van der Waals surface area contributed by atoms with E-state index in [9.17, 15) is 9.59 Å². The van der Waals surface area contributed by atoms with Crippen LogP contribution >= 0.6 is 11.8 Å².